The summed E-state index contributed by atoms with van der Waals surface area (Å²) in [6, 6.07) is 0. The highest BCUT2D eigenvalue weighted by molar-refractivity contribution is 5.95. The van der Waals surface area contributed by atoms with Crippen LogP contribution in [0, 0.1) is 10.1 Å². The van der Waals surface area contributed by atoms with Crippen molar-refractivity contribution in [3.63, 3.8) is 0 Å². The Hall–Kier alpha value is -1.86. The number of hydrogen-bond donors (Lipinski definition) is 1. The van der Waals surface area contributed by atoms with Crippen molar-refractivity contribution in [1.29, 1.82) is 0 Å². The number of hydrogen-bond acceptors (Lipinski definition) is 4. The largest absolute Gasteiger partial charge is 0.449 e. The molecule has 0 unspecified atom stereocenters. The van der Waals surface area contributed by atoms with E-state index in [1.807, 2.05) is 0 Å². The fourth-order valence-electron chi connectivity index (χ4n) is 1.03. The topological polar surface area (TPSA) is 97.1 Å². The third-order valence-electron chi connectivity index (χ3n) is 1.54. The van der Waals surface area contributed by atoms with Crippen LogP contribution < -0.4 is 5.32 Å². The zero-order valence-electron chi connectivity index (χ0n) is 7.60. The van der Waals surface area contributed by atoms with Gasteiger partial charge in [0.05, 0.1) is 6.61 Å². The van der Waals surface area contributed by atoms with Gasteiger partial charge in [-0.25, -0.2) is 19.8 Å². The molecule has 1 fully saturated rings. The lowest BCUT2D eigenvalue weighted by atomic mass is 10.6. The maximum Gasteiger partial charge on any atom is 0.416 e. The number of ether oxygens (including phenoxy) is 1. The Morgan fingerprint density at radius 2 is 2.57 bits per heavy atom. The Labute approximate surface area is 79.7 Å². The molecular formula is C6H10N4O4. The van der Waals surface area contributed by atoms with E-state index in [1.54, 1.807) is 6.92 Å². The molecule has 1 aliphatic rings. The van der Waals surface area contributed by atoms with Crippen LogP contribution >= 0.6 is 0 Å². The molecule has 0 radical (unpaired) electrons. The second kappa shape index (κ2) is 4.40. The standard InChI is InChI=1S/C6H10N4O4/c1-2-14-6(11)9-4-3-7-5(9)8-10(12)13/h2-4H2,1H3,(H,7,8). The Kier molecular flexibility index (Phi) is 3.21. The van der Waals surface area contributed by atoms with Crippen LogP contribution in [0.25, 0.3) is 0 Å². The summed E-state index contributed by atoms with van der Waals surface area (Å²) in [7, 11) is 0. The van der Waals surface area contributed by atoms with E-state index < -0.39 is 11.1 Å². The fourth-order valence-corrected chi connectivity index (χ4v) is 1.03. The van der Waals surface area contributed by atoms with Gasteiger partial charge < -0.3 is 10.1 Å². The number of amides is 1. The van der Waals surface area contributed by atoms with Gasteiger partial charge in [0.15, 0.2) is 5.03 Å². The summed E-state index contributed by atoms with van der Waals surface area (Å²) in [4.78, 5) is 22.4. The number of guanidine groups is 1. The van der Waals surface area contributed by atoms with Gasteiger partial charge in [-0.15, -0.1) is 0 Å². The SMILES string of the molecule is CCOC(=O)N1CCNC1=N[N+](=O)[O-]. The minimum atomic E-state index is -0.861. The zero-order chi connectivity index (χ0) is 10.6. The average Bonchev–Trinajstić information content (AvgIpc) is 2.51. The molecule has 14 heavy (non-hydrogen) atoms. The van der Waals surface area contributed by atoms with Gasteiger partial charge in [-0.05, 0) is 6.92 Å². The predicted octanol–water partition coefficient (Wildman–Crippen LogP) is -0.404. The van der Waals surface area contributed by atoms with Gasteiger partial charge in [-0.1, -0.05) is 0 Å². The van der Waals surface area contributed by atoms with E-state index in [1.165, 1.54) is 0 Å². The van der Waals surface area contributed by atoms with Gasteiger partial charge in [0.25, 0.3) is 5.96 Å². The van der Waals surface area contributed by atoms with Crippen LogP contribution in [0.2, 0.25) is 0 Å². The van der Waals surface area contributed by atoms with Gasteiger partial charge in [0, 0.05) is 13.1 Å². The van der Waals surface area contributed by atoms with E-state index in [-0.39, 0.29) is 12.6 Å². The zero-order valence-corrected chi connectivity index (χ0v) is 7.60. The Bertz CT molecular complexity index is 277. The first-order valence-corrected chi connectivity index (χ1v) is 4.06. The first-order chi connectivity index (χ1) is 6.65. The molecule has 1 aliphatic heterocycles. The van der Waals surface area contributed by atoms with E-state index in [2.05, 4.69) is 15.2 Å². The van der Waals surface area contributed by atoms with Crippen LogP contribution in [0.5, 0.6) is 0 Å². The van der Waals surface area contributed by atoms with Crippen molar-refractivity contribution in [2.75, 3.05) is 19.7 Å². The number of carbonyl (C=O) groups excluding carboxylic acids is 1. The molecule has 8 heteroatoms. The quantitative estimate of drug-likeness (QED) is 0.485. The number of nitrogens with zero attached hydrogens (tertiary/aromatic N) is 3. The molecule has 1 rings (SSSR count). The fraction of sp³-hybridized carbons (Fsp3) is 0.667. The van der Waals surface area contributed by atoms with E-state index in [0.29, 0.717) is 13.1 Å². The molecule has 1 heterocycles. The molecule has 1 amide bonds. The summed E-state index contributed by atoms with van der Waals surface area (Å²) in [5.74, 6) is -0.0755. The Morgan fingerprint density at radius 1 is 1.86 bits per heavy atom. The molecule has 0 saturated carbocycles. The average molecular weight is 202 g/mol. The van der Waals surface area contributed by atoms with E-state index in [9.17, 15) is 14.9 Å². The molecule has 0 bridgehead atoms. The third-order valence-corrected chi connectivity index (χ3v) is 1.54. The molecule has 0 aromatic rings. The first kappa shape index (κ1) is 10.2. The third kappa shape index (κ3) is 2.31. The van der Waals surface area contributed by atoms with Gasteiger partial charge >= 0.3 is 6.09 Å². The maximum atomic E-state index is 11.2. The molecule has 78 valence electrons. The molecular weight excluding hydrogens is 192 g/mol. The number of hydrazone groups is 1. The van der Waals surface area contributed by atoms with Crippen LogP contribution in [0.4, 0.5) is 4.79 Å². The lowest BCUT2D eigenvalue weighted by Gasteiger charge is -2.11. The van der Waals surface area contributed by atoms with Crippen molar-refractivity contribution in [3.05, 3.63) is 10.1 Å². The Morgan fingerprint density at radius 3 is 3.14 bits per heavy atom. The van der Waals surface area contributed by atoms with Gasteiger partial charge in [-0.3, -0.25) is 0 Å². The summed E-state index contributed by atoms with van der Waals surface area (Å²) < 4.78 is 4.68. The number of rotatable bonds is 2. The summed E-state index contributed by atoms with van der Waals surface area (Å²) in [6.07, 6.45) is -0.627. The first-order valence-electron chi connectivity index (χ1n) is 4.06. The normalized spacial score (nSPS) is 18.1. The van der Waals surface area contributed by atoms with Gasteiger partial charge in [0.2, 0.25) is 0 Å². The van der Waals surface area contributed by atoms with Crippen LogP contribution in [0.15, 0.2) is 5.10 Å². The van der Waals surface area contributed by atoms with Crippen LogP contribution in [0.1, 0.15) is 6.92 Å². The summed E-state index contributed by atoms with van der Waals surface area (Å²) >= 11 is 0. The van der Waals surface area contributed by atoms with Crippen LogP contribution in [-0.2, 0) is 4.74 Å². The number of nitrogens with one attached hydrogen (secondary N) is 1. The molecule has 0 atom stereocenters. The summed E-state index contributed by atoms with van der Waals surface area (Å²) in [5, 5.41) is 14.8. The van der Waals surface area contributed by atoms with Gasteiger partial charge in [-0.2, -0.15) is 0 Å². The van der Waals surface area contributed by atoms with Crippen molar-refractivity contribution in [3.8, 4) is 0 Å². The number of nitro groups is 1. The van der Waals surface area contributed by atoms with Crippen molar-refractivity contribution >= 4 is 12.1 Å². The number of carbonyl (C=O) groups is 1. The lowest BCUT2D eigenvalue weighted by Crippen LogP contribution is -2.36. The van der Waals surface area contributed by atoms with Crippen molar-refractivity contribution in [1.82, 2.24) is 10.2 Å². The lowest BCUT2D eigenvalue weighted by molar-refractivity contribution is -0.485. The molecule has 0 aliphatic carbocycles. The highest BCUT2D eigenvalue weighted by Gasteiger charge is 2.28. The van der Waals surface area contributed by atoms with Crippen molar-refractivity contribution in [2.45, 2.75) is 6.92 Å². The summed E-state index contributed by atoms with van der Waals surface area (Å²) in [6.45, 7) is 2.64. The Balaban J connectivity index is 2.68. The van der Waals surface area contributed by atoms with E-state index in [0.717, 1.165) is 4.90 Å². The van der Waals surface area contributed by atoms with E-state index >= 15 is 0 Å². The van der Waals surface area contributed by atoms with E-state index in [4.69, 9.17) is 0 Å². The van der Waals surface area contributed by atoms with Gasteiger partial charge in [0.1, 0.15) is 5.10 Å². The van der Waals surface area contributed by atoms with Crippen LogP contribution in [-0.4, -0.2) is 41.7 Å². The molecule has 8 nitrogen and oxygen atoms in total. The highest BCUT2D eigenvalue weighted by atomic mass is 16.7. The van der Waals surface area contributed by atoms with Crippen molar-refractivity contribution in [2.24, 2.45) is 5.10 Å². The van der Waals surface area contributed by atoms with Crippen molar-refractivity contribution < 1.29 is 14.6 Å². The highest BCUT2D eigenvalue weighted by Crippen LogP contribution is 2.00. The molecule has 0 spiro atoms. The molecule has 1 saturated heterocycles. The molecule has 0 aromatic heterocycles. The smallest absolute Gasteiger partial charge is 0.416 e. The summed E-state index contributed by atoms with van der Waals surface area (Å²) in [5.41, 5.74) is 0. The molecule has 1 N–H and O–H groups in total. The monoisotopic (exact) mass is 202 g/mol. The van der Waals surface area contributed by atoms with Crippen LogP contribution in [0.3, 0.4) is 0 Å². The minimum Gasteiger partial charge on any atom is -0.449 e. The molecule has 0 aromatic carbocycles. The second-order valence-electron chi connectivity index (χ2n) is 2.44. The second-order valence-corrected chi connectivity index (χ2v) is 2.44. The predicted molar refractivity (Wildman–Crippen MR) is 46.2 cm³/mol. The minimum absolute atomic E-state index is 0.0755. The maximum absolute atomic E-state index is 11.2.